The number of rotatable bonds is 15. The number of nitrogens with zero attached hydrogens (tertiary/aromatic N) is 5. The molecule has 394 valence electrons. The number of aliphatic hydroxyl groups is 1. The summed E-state index contributed by atoms with van der Waals surface area (Å²) in [7, 11) is -4.59. The van der Waals surface area contributed by atoms with Crippen molar-refractivity contribution in [3.05, 3.63) is 136 Å². The molecule has 2 aromatic heterocycles. The molecule has 1 unspecified atom stereocenters. The second-order valence-electron chi connectivity index (χ2n) is 22.1. The highest BCUT2D eigenvalue weighted by atomic mass is 32.2. The van der Waals surface area contributed by atoms with E-state index in [0.29, 0.717) is 42.7 Å². The Labute approximate surface area is 437 Å². The van der Waals surface area contributed by atoms with E-state index in [0.717, 1.165) is 106 Å². The first-order chi connectivity index (χ1) is 36.1. The lowest BCUT2D eigenvalue weighted by molar-refractivity contribution is -0.384. The molecule has 1 spiro atoms. The van der Waals surface area contributed by atoms with Crippen LogP contribution in [0.25, 0.3) is 11.0 Å². The summed E-state index contributed by atoms with van der Waals surface area (Å²) in [6.45, 7) is 12.4. The number of carbonyl (C=O) groups is 1. The number of pyridine rings is 1. The Morgan fingerprint density at radius 1 is 0.947 bits per heavy atom. The first-order valence-corrected chi connectivity index (χ1v) is 27.8. The molecular formula is C57H66N8O9S. The van der Waals surface area contributed by atoms with E-state index in [2.05, 4.69) is 85.0 Å². The zero-order valence-electron chi connectivity index (χ0n) is 42.8. The number of nitro groups is 1. The van der Waals surface area contributed by atoms with Crippen molar-refractivity contribution < 1.29 is 37.5 Å². The Balaban J connectivity index is 0.778. The maximum atomic E-state index is 14.1. The molecule has 3 aliphatic heterocycles. The number of piperazine rings is 1. The van der Waals surface area contributed by atoms with Crippen molar-refractivity contribution in [3.8, 4) is 23.0 Å². The Morgan fingerprint density at radius 3 is 2.52 bits per heavy atom. The fourth-order valence-electron chi connectivity index (χ4n) is 12.2. The zero-order valence-corrected chi connectivity index (χ0v) is 43.6. The molecular weight excluding hydrogens is 973 g/mol. The number of nitro benzene ring substituents is 1. The number of anilines is 2. The van der Waals surface area contributed by atoms with Crippen LogP contribution in [0.1, 0.15) is 111 Å². The highest BCUT2D eigenvalue weighted by molar-refractivity contribution is 7.90. The van der Waals surface area contributed by atoms with Crippen molar-refractivity contribution in [1.29, 1.82) is 0 Å². The SMILES string of the molecule is CC(C)c1ccccc1C1CN(Cc2ccc3c(c2)OCO3)CCN1C1CC2(CCN(c3ccc(C(=O)NS(=O)(=O)c4ccc(NC[C@H]5CC[C@](C)(O)CC5)c([N+](=O)[O-])c4)c(Oc4cnc5[nH]ccc5c4)c3)CC2)C1. The number of benzene rings is 4. The van der Waals surface area contributed by atoms with E-state index < -0.39 is 37.0 Å². The Bertz CT molecular complexity index is 3210. The fourth-order valence-corrected chi connectivity index (χ4v) is 13.2. The quantitative estimate of drug-likeness (QED) is 0.0559. The van der Waals surface area contributed by atoms with E-state index in [1.165, 1.54) is 28.8 Å². The Hall–Kier alpha value is -6.73. The van der Waals surface area contributed by atoms with Crippen LogP contribution >= 0.6 is 0 Å². The fraction of sp³-hybridized carbons (Fsp3) is 0.439. The molecule has 0 radical (unpaired) electrons. The highest BCUT2D eigenvalue weighted by Gasteiger charge is 2.50. The molecule has 11 rings (SSSR count). The van der Waals surface area contributed by atoms with Crippen LogP contribution in [0.4, 0.5) is 17.1 Å². The number of aromatic amines is 1. The minimum Gasteiger partial charge on any atom is -0.455 e. The lowest BCUT2D eigenvalue weighted by Crippen LogP contribution is -2.60. The molecule has 2 saturated carbocycles. The van der Waals surface area contributed by atoms with Crippen LogP contribution in [0.3, 0.4) is 0 Å². The average Bonchev–Trinajstić information content (AvgIpc) is 4.07. The van der Waals surface area contributed by atoms with Crippen LogP contribution in [0.2, 0.25) is 0 Å². The summed E-state index contributed by atoms with van der Waals surface area (Å²) in [5, 5.41) is 26.5. The van der Waals surface area contributed by atoms with E-state index in [9.17, 15) is 28.4 Å². The number of sulfonamides is 1. The van der Waals surface area contributed by atoms with Crippen molar-refractivity contribution in [3.63, 3.8) is 0 Å². The molecule has 17 nitrogen and oxygen atoms in total. The molecule has 6 aromatic rings. The number of hydrogen-bond donors (Lipinski definition) is 4. The summed E-state index contributed by atoms with van der Waals surface area (Å²) < 4.78 is 47.6. The smallest absolute Gasteiger partial charge is 0.293 e. The number of nitrogens with one attached hydrogen (secondary N) is 3. The molecule has 2 saturated heterocycles. The molecule has 4 fully saturated rings. The van der Waals surface area contributed by atoms with Gasteiger partial charge < -0.3 is 34.5 Å². The number of aromatic nitrogens is 2. The van der Waals surface area contributed by atoms with Gasteiger partial charge in [-0.3, -0.25) is 24.7 Å². The molecule has 4 N–H and O–H groups in total. The summed E-state index contributed by atoms with van der Waals surface area (Å²) in [6, 6.07) is 28.4. The van der Waals surface area contributed by atoms with Crippen LogP contribution in [-0.2, 0) is 16.6 Å². The summed E-state index contributed by atoms with van der Waals surface area (Å²) in [4.78, 5) is 40.5. The average molecular weight is 1040 g/mol. The lowest BCUT2D eigenvalue weighted by atomic mass is 9.59. The van der Waals surface area contributed by atoms with E-state index in [4.69, 9.17) is 14.2 Å². The third-order valence-electron chi connectivity index (χ3n) is 16.6. The molecule has 0 bridgehead atoms. The van der Waals surface area contributed by atoms with Crippen LogP contribution in [0.5, 0.6) is 23.0 Å². The van der Waals surface area contributed by atoms with Gasteiger partial charge in [0.1, 0.15) is 22.8 Å². The Kier molecular flexibility index (Phi) is 13.7. The molecule has 75 heavy (non-hydrogen) atoms. The van der Waals surface area contributed by atoms with Crippen molar-refractivity contribution >= 4 is 44.0 Å². The molecule has 2 aliphatic carbocycles. The zero-order chi connectivity index (χ0) is 52.1. The van der Waals surface area contributed by atoms with Crippen molar-refractivity contribution in [2.75, 3.05) is 56.3 Å². The van der Waals surface area contributed by atoms with Gasteiger partial charge in [0.05, 0.1) is 27.2 Å². The lowest BCUT2D eigenvalue weighted by Gasteiger charge is -2.58. The molecule has 4 aromatic carbocycles. The van der Waals surface area contributed by atoms with Gasteiger partial charge in [0.15, 0.2) is 11.5 Å². The molecule has 5 aliphatic rings. The molecule has 1 amide bonds. The number of carbonyl (C=O) groups excluding carboxylic acids is 1. The number of fused-ring (bicyclic) bond motifs is 2. The van der Waals surface area contributed by atoms with Gasteiger partial charge >= 0.3 is 0 Å². The Morgan fingerprint density at radius 2 is 1.73 bits per heavy atom. The van der Waals surface area contributed by atoms with Gasteiger partial charge in [-0.15, -0.1) is 0 Å². The van der Waals surface area contributed by atoms with Crippen LogP contribution in [-0.4, -0.2) is 102 Å². The maximum Gasteiger partial charge on any atom is 0.293 e. The number of amides is 1. The normalized spacial score (nSPS) is 22.1. The van der Waals surface area contributed by atoms with Crippen LogP contribution in [0, 0.1) is 21.4 Å². The predicted octanol–water partition coefficient (Wildman–Crippen LogP) is 9.90. The first-order valence-electron chi connectivity index (χ1n) is 26.3. The van der Waals surface area contributed by atoms with E-state index >= 15 is 0 Å². The number of ether oxygens (including phenoxy) is 3. The minimum atomic E-state index is -4.59. The predicted molar refractivity (Wildman–Crippen MR) is 286 cm³/mol. The number of hydrogen-bond acceptors (Lipinski definition) is 14. The number of H-pyrrole nitrogens is 1. The summed E-state index contributed by atoms with van der Waals surface area (Å²) in [5.41, 5.74) is 4.76. The molecule has 5 heterocycles. The van der Waals surface area contributed by atoms with E-state index in [1.807, 2.05) is 25.1 Å². The first kappa shape index (κ1) is 50.4. The van der Waals surface area contributed by atoms with Crippen molar-refractivity contribution in [2.45, 2.75) is 107 Å². The van der Waals surface area contributed by atoms with E-state index in [-0.39, 0.29) is 41.2 Å². The highest BCUT2D eigenvalue weighted by Crippen LogP contribution is 2.53. The van der Waals surface area contributed by atoms with Crippen molar-refractivity contribution in [2.24, 2.45) is 11.3 Å². The third-order valence-corrected chi connectivity index (χ3v) is 17.9. The van der Waals surface area contributed by atoms with Gasteiger partial charge in [-0.2, -0.15) is 0 Å². The molecule has 1 atom stereocenters. The van der Waals surface area contributed by atoms with Crippen LogP contribution in [0.15, 0.2) is 108 Å². The third kappa shape index (κ3) is 10.8. The second kappa shape index (κ2) is 20.4. The number of piperidine rings is 1. The summed E-state index contributed by atoms with van der Waals surface area (Å²) >= 11 is 0. The standard InChI is InChI=1S/C57H66N8O9S/c1-37(2)45-6-4-5-7-46(45)50-35-62(34-39-8-13-51-53(26-39)73-36-72-51)24-25-64(50)42-30-57(31-42)19-22-63(23-20-57)41-9-11-47(52(28-41)74-43-27-40-16-21-58-54(40)60-33-43)55(66)61-75(70,71)44-10-12-48(49(29-44)65(68)69)59-32-38-14-17-56(3,67)18-15-38/h4-13,16,21,26-29,33,37-38,42,50,59,67H,14-15,17-20,22-25,30-32,34-36H2,1-3H3,(H,58,60)(H,61,66)/t38-,50?,56-. The second-order valence-corrected chi connectivity index (χ2v) is 23.8. The topological polar surface area (TPSA) is 205 Å². The van der Waals surface area contributed by atoms with Crippen molar-refractivity contribution in [1.82, 2.24) is 24.5 Å². The van der Waals surface area contributed by atoms with Crippen LogP contribution < -0.4 is 29.1 Å². The van der Waals surface area contributed by atoms with Gasteiger partial charge in [-0.25, -0.2) is 18.1 Å². The van der Waals surface area contributed by atoms with Gasteiger partial charge in [0, 0.05) is 87.3 Å². The monoisotopic (exact) mass is 1040 g/mol. The summed E-state index contributed by atoms with van der Waals surface area (Å²) in [6.07, 6.45) is 10.4. The van der Waals surface area contributed by atoms with E-state index in [1.54, 1.807) is 30.6 Å². The van der Waals surface area contributed by atoms with Gasteiger partial charge in [0.2, 0.25) is 6.79 Å². The molecule has 18 heteroatoms. The summed E-state index contributed by atoms with van der Waals surface area (Å²) in [5.74, 6) is 1.77. The maximum absolute atomic E-state index is 14.1. The van der Waals surface area contributed by atoms with Gasteiger partial charge in [-0.1, -0.05) is 44.2 Å². The van der Waals surface area contributed by atoms with Gasteiger partial charge in [0.25, 0.3) is 21.6 Å². The largest absolute Gasteiger partial charge is 0.455 e. The van der Waals surface area contributed by atoms with Gasteiger partial charge in [-0.05, 0) is 141 Å². The minimum absolute atomic E-state index is 0.0318.